The van der Waals surface area contributed by atoms with E-state index in [4.69, 9.17) is 10.4 Å². The molecule has 4 nitrogen and oxygen atoms in total. The van der Waals surface area contributed by atoms with E-state index in [1.807, 2.05) is 0 Å². The number of aliphatic carboxylic acids is 1. The molecule has 0 aliphatic rings. The van der Waals surface area contributed by atoms with Crippen molar-refractivity contribution in [2.75, 3.05) is 0 Å². The van der Waals surface area contributed by atoms with E-state index in [-0.39, 0.29) is 5.56 Å². The minimum Gasteiger partial charge on any atom is -0.477 e. The van der Waals surface area contributed by atoms with E-state index in [2.05, 4.69) is 4.98 Å². The highest BCUT2D eigenvalue weighted by molar-refractivity contribution is 5.96. The van der Waals surface area contributed by atoms with Crippen LogP contribution in [0.2, 0.25) is 0 Å². The molecule has 5 heteroatoms. The SMILES string of the molecule is N#C/C(=C\c1ccncc1F)C(=O)O. The van der Waals surface area contributed by atoms with E-state index in [0.29, 0.717) is 0 Å². The third-order valence-corrected chi connectivity index (χ3v) is 1.45. The van der Waals surface area contributed by atoms with Gasteiger partial charge in [-0.05, 0) is 12.1 Å². The van der Waals surface area contributed by atoms with Crippen LogP contribution in [0.3, 0.4) is 0 Å². The van der Waals surface area contributed by atoms with E-state index >= 15 is 0 Å². The van der Waals surface area contributed by atoms with Crippen LogP contribution in [0.5, 0.6) is 0 Å². The van der Waals surface area contributed by atoms with Gasteiger partial charge in [0.05, 0.1) is 6.20 Å². The van der Waals surface area contributed by atoms with Gasteiger partial charge < -0.3 is 5.11 Å². The second kappa shape index (κ2) is 4.14. The Bertz CT molecular complexity index is 435. The summed E-state index contributed by atoms with van der Waals surface area (Å²) < 4.78 is 12.9. The fourth-order valence-electron chi connectivity index (χ4n) is 0.800. The maximum Gasteiger partial charge on any atom is 0.346 e. The number of carboxylic acid groups (broad SMARTS) is 1. The first-order valence-electron chi connectivity index (χ1n) is 3.59. The van der Waals surface area contributed by atoms with Gasteiger partial charge in [0.25, 0.3) is 0 Å². The molecule has 0 saturated carbocycles. The summed E-state index contributed by atoms with van der Waals surface area (Å²) in [6, 6.07) is 2.74. The van der Waals surface area contributed by atoms with E-state index in [1.54, 1.807) is 0 Å². The Morgan fingerprint density at radius 2 is 2.43 bits per heavy atom. The largest absolute Gasteiger partial charge is 0.477 e. The van der Waals surface area contributed by atoms with Crippen LogP contribution in [-0.4, -0.2) is 16.1 Å². The molecule has 0 aliphatic carbocycles. The van der Waals surface area contributed by atoms with Gasteiger partial charge in [-0.25, -0.2) is 9.18 Å². The van der Waals surface area contributed by atoms with E-state index in [9.17, 15) is 9.18 Å². The predicted octanol–water partition coefficient (Wildman–Crippen LogP) is 1.21. The molecular formula is C9H5FN2O2. The number of nitrogens with zero attached hydrogens (tertiary/aromatic N) is 2. The molecule has 0 unspecified atom stereocenters. The molecule has 0 spiro atoms. The number of nitriles is 1. The summed E-state index contributed by atoms with van der Waals surface area (Å²) in [5, 5.41) is 16.9. The van der Waals surface area contributed by atoms with Gasteiger partial charge in [-0.2, -0.15) is 5.26 Å². The number of carboxylic acids is 1. The van der Waals surface area contributed by atoms with Crippen molar-refractivity contribution in [2.24, 2.45) is 0 Å². The van der Waals surface area contributed by atoms with Gasteiger partial charge in [-0.3, -0.25) is 4.98 Å². The highest BCUT2D eigenvalue weighted by atomic mass is 19.1. The number of carbonyl (C=O) groups is 1. The first-order chi connectivity index (χ1) is 6.65. The number of halogens is 1. The van der Waals surface area contributed by atoms with Gasteiger partial charge in [-0.1, -0.05) is 0 Å². The lowest BCUT2D eigenvalue weighted by Crippen LogP contribution is -1.98. The fourth-order valence-corrected chi connectivity index (χ4v) is 0.800. The van der Waals surface area contributed by atoms with Crippen molar-refractivity contribution >= 4 is 12.0 Å². The van der Waals surface area contributed by atoms with Gasteiger partial charge in [0, 0.05) is 11.8 Å². The number of rotatable bonds is 2. The normalized spacial score (nSPS) is 10.7. The minimum absolute atomic E-state index is 0.0268. The maximum atomic E-state index is 12.9. The van der Waals surface area contributed by atoms with Crippen molar-refractivity contribution in [1.29, 1.82) is 5.26 Å². The summed E-state index contributed by atoms with van der Waals surface area (Å²) in [5.41, 5.74) is -0.492. The van der Waals surface area contributed by atoms with Crippen molar-refractivity contribution in [1.82, 2.24) is 4.98 Å². The fraction of sp³-hybridized carbons (Fsp3) is 0. The molecule has 0 aromatic carbocycles. The molecule has 1 N–H and O–H groups in total. The Hall–Kier alpha value is -2.22. The lowest BCUT2D eigenvalue weighted by atomic mass is 10.1. The summed E-state index contributed by atoms with van der Waals surface area (Å²) in [5.74, 6) is -2.05. The Morgan fingerprint density at radius 1 is 1.71 bits per heavy atom. The zero-order valence-electron chi connectivity index (χ0n) is 6.94. The van der Waals surface area contributed by atoms with E-state index < -0.39 is 17.4 Å². The second-order valence-corrected chi connectivity index (χ2v) is 2.37. The van der Waals surface area contributed by atoms with Gasteiger partial charge >= 0.3 is 5.97 Å². The second-order valence-electron chi connectivity index (χ2n) is 2.37. The molecule has 14 heavy (non-hydrogen) atoms. The molecule has 1 aromatic rings. The van der Waals surface area contributed by atoms with Gasteiger partial charge in [0.15, 0.2) is 0 Å². The quantitative estimate of drug-likeness (QED) is 0.564. The predicted molar refractivity (Wildman–Crippen MR) is 45.4 cm³/mol. The first-order valence-corrected chi connectivity index (χ1v) is 3.59. The van der Waals surface area contributed by atoms with Crippen molar-refractivity contribution < 1.29 is 14.3 Å². The molecular weight excluding hydrogens is 187 g/mol. The molecule has 0 bridgehead atoms. The summed E-state index contributed by atoms with van der Waals surface area (Å²) in [6.45, 7) is 0. The van der Waals surface area contributed by atoms with Crippen LogP contribution in [-0.2, 0) is 4.79 Å². The third-order valence-electron chi connectivity index (χ3n) is 1.45. The molecule has 0 atom stereocenters. The van der Waals surface area contributed by atoms with E-state index in [1.165, 1.54) is 18.3 Å². The van der Waals surface area contributed by atoms with Gasteiger partial charge in [0.1, 0.15) is 17.5 Å². The van der Waals surface area contributed by atoms with Crippen LogP contribution < -0.4 is 0 Å². The molecule has 0 radical (unpaired) electrons. The summed E-state index contributed by atoms with van der Waals surface area (Å²) in [6.07, 6.45) is 3.22. The topological polar surface area (TPSA) is 74.0 Å². The smallest absolute Gasteiger partial charge is 0.346 e. The van der Waals surface area contributed by atoms with Crippen LogP contribution >= 0.6 is 0 Å². The molecule has 1 aromatic heterocycles. The highest BCUT2D eigenvalue weighted by Gasteiger charge is 2.07. The summed E-state index contributed by atoms with van der Waals surface area (Å²) >= 11 is 0. The van der Waals surface area contributed by atoms with Crippen LogP contribution in [0.25, 0.3) is 6.08 Å². The van der Waals surface area contributed by atoms with Gasteiger partial charge in [-0.15, -0.1) is 0 Å². The molecule has 70 valence electrons. The number of aromatic nitrogens is 1. The van der Waals surface area contributed by atoms with Crippen LogP contribution in [0, 0.1) is 17.1 Å². The van der Waals surface area contributed by atoms with Crippen LogP contribution in [0.4, 0.5) is 4.39 Å². The average Bonchev–Trinajstić information content (AvgIpc) is 2.16. The van der Waals surface area contributed by atoms with Crippen molar-refractivity contribution in [3.05, 3.63) is 35.4 Å². The minimum atomic E-state index is -1.39. The Labute approximate surface area is 78.9 Å². The molecule has 0 fully saturated rings. The van der Waals surface area contributed by atoms with Crippen molar-refractivity contribution in [3.63, 3.8) is 0 Å². The molecule has 1 rings (SSSR count). The zero-order valence-corrected chi connectivity index (χ0v) is 6.94. The number of pyridine rings is 1. The standard InChI is InChI=1S/C9H5FN2O2/c10-8-5-12-2-1-6(8)3-7(4-11)9(13)14/h1-3,5H,(H,13,14)/b7-3+. The Balaban J connectivity index is 3.15. The molecule has 0 aliphatic heterocycles. The van der Waals surface area contributed by atoms with Gasteiger partial charge in [0.2, 0.25) is 0 Å². The van der Waals surface area contributed by atoms with E-state index in [0.717, 1.165) is 12.3 Å². The lowest BCUT2D eigenvalue weighted by Gasteiger charge is -1.94. The van der Waals surface area contributed by atoms with Crippen LogP contribution in [0.15, 0.2) is 24.0 Å². The summed E-state index contributed by atoms with van der Waals surface area (Å²) in [4.78, 5) is 13.9. The Morgan fingerprint density at radius 3 is 2.93 bits per heavy atom. The molecule has 1 heterocycles. The highest BCUT2D eigenvalue weighted by Crippen LogP contribution is 2.09. The van der Waals surface area contributed by atoms with Crippen LogP contribution in [0.1, 0.15) is 5.56 Å². The summed E-state index contributed by atoms with van der Waals surface area (Å²) in [7, 11) is 0. The molecule has 0 saturated heterocycles. The maximum absolute atomic E-state index is 12.9. The monoisotopic (exact) mass is 192 g/mol. The Kier molecular flexibility index (Phi) is 2.92. The lowest BCUT2D eigenvalue weighted by molar-refractivity contribution is -0.132. The van der Waals surface area contributed by atoms with Crippen molar-refractivity contribution in [2.45, 2.75) is 0 Å². The zero-order chi connectivity index (χ0) is 10.6. The first kappa shape index (κ1) is 9.86. The van der Waals surface area contributed by atoms with Crippen molar-refractivity contribution in [3.8, 4) is 6.07 Å². The molecule has 0 amide bonds. The third kappa shape index (κ3) is 2.14. The number of hydrogen-bond acceptors (Lipinski definition) is 3. The average molecular weight is 192 g/mol. The number of hydrogen-bond donors (Lipinski definition) is 1.